The SMILES string of the molecule is O=C1CN(Cc2ccc(CNCc3ccccn3)cc2)CCNCCCCCCN1. The molecule has 1 aliphatic heterocycles. The first-order chi connectivity index (χ1) is 14.8. The Labute approximate surface area is 180 Å². The summed E-state index contributed by atoms with van der Waals surface area (Å²) < 4.78 is 0. The van der Waals surface area contributed by atoms with Crippen molar-refractivity contribution in [3.05, 3.63) is 65.5 Å². The van der Waals surface area contributed by atoms with Crippen LogP contribution in [0.5, 0.6) is 0 Å². The van der Waals surface area contributed by atoms with Gasteiger partial charge >= 0.3 is 0 Å². The summed E-state index contributed by atoms with van der Waals surface area (Å²) >= 11 is 0. The third kappa shape index (κ3) is 8.61. The molecule has 1 fully saturated rings. The van der Waals surface area contributed by atoms with Crippen molar-refractivity contribution in [3.8, 4) is 0 Å². The quantitative estimate of drug-likeness (QED) is 0.684. The fraction of sp³-hybridized carbons (Fsp3) is 0.500. The highest BCUT2D eigenvalue weighted by atomic mass is 16.2. The molecular weight excluding hydrogens is 374 g/mol. The van der Waals surface area contributed by atoms with Crippen molar-refractivity contribution in [1.82, 2.24) is 25.8 Å². The first kappa shape index (κ1) is 22.4. The van der Waals surface area contributed by atoms with Crippen LogP contribution in [0.25, 0.3) is 0 Å². The van der Waals surface area contributed by atoms with Gasteiger partial charge < -0.3 is 16.0 Å². The summed E-state index contributed by atoms with van der Waals surface area (Å²) in [6.07, 6.45) is 6.52. The van der Waals surface area contributed by atoms with E-state index in [0.717, 1.165) is 57.9 Å². The third-order valence-corrected chi connectivity index (χ3v) is 5.37. The second kappa shape index (κ2) is 13.1. The Kier molecular flexibility index (Phi) is 9.79. The van der Waals surface area contributed by atoms with Crippen LogP contribution < -0.4 is 16.0 Å². The molecule has 162 valence electrons. The summed E-state index contributed by atoms with van der Waals surface area (Å²) in [4.78, 5) is 18.9. The average Bonchev–Trinajstić information content (AvgIpc) is 2.78. The second-order valence-corrected chi connectivity index (χ2v) is 7.97. The minimum atomic E-state index is 0.129. The number of pyridine rings is 1. The molecule has 3 rings (SSSR count). The van der Waals surface area contributed by atoms with E-state index in [4.69, 9.17) is 0 Å². The predicted molar refractivity (Wildman–Crippen MR) is 121 cm³/mol. The van der Waals surface area contributed by atoms with Gasteiger partial charge in [0.2, 0.25) is 5.91 Å². The van der Waals surface area contributed by atoms with E-state index in [0.29, 0.717) is 6.54 Å². The number of hydrogen-bond acceptors (Lipinski definition) is 5. The maximum atomic E-state index is 12.3. The van der Waals surface area contributed by atoms with Gasteiger partial charge in [0.15, 0.2) is 0 Å². The topological polar surface area (TPSA) is 69.3 Å². The van der Waals surface area contributed by atoms with Crippen LogP contribution in [0.1, 0.15) is 42.5 Å². The lowest BCUT2D eigenvalue weighted by Crippen LogP contribution is -2.40. The lowest BCUT2D eigenvalue weighted by atomic mass is 10.1. The molecule has 1 amide bonds. The number of rotatable bonds is 6. The fourth-order valence-electron chi connectivity index (χ4n) is 3.65. The number of nitrogens with one attached hydrogen (secondary N) is 3. The number of hydrogen-bond donors (Lipinski definition) is 3. The number of carbonyl (C=O) groups is 1. The van der Waals surface area contributed by atoms with Gasteiger partial charge in [-0.2, -0.15) is 0 Å². The van der Waals surface area contributed by atoms with E-state index in [9.17, 15) is 4.79 Å². The van der Waals surface area contributed by atoms with Crippen LogP contribution in [0.15, 0.2) is 48.7 Å². The summed E-state index contributed by atoms with van der Waals surface area (Å²) in [5, 5.41) is 10.0. The average molecular weight is 410 g/mol. The van der Waals surface area contributed by atoms with Crippen LogP contribution in [0, 0.1) is 0 Å². The molecule has 3 N–H and O–H groups in total. The van der Waals surface area contributed by atoms with Gasteiger partial charge in [-0.3, -0.25) is 14.7 Å². The van der Waals surface area contributed by atoms with Gasteiger partial charge in [-0.05, 0) is 42.6 Å². The molecule has 0 saturated carbocycles. The molecule has 1 aliphatic rings. The lowest BCUT2D eigenvalue weighted by Gasteiger charge is -2.22. The number of carbonyl (C=O) groups excluding carboxylic acids is 1. The van der Waals surface area contributed by atoms with Gasteiger partial charge in [0.25, 0.3) is 0 Å². The molecule has 6 heteroatoms. The Morgan fingerprint density at radius 3 is 2.50 bits per heavy atom. The van der Waals surface area contributed by atoms with E-state index < -0.39 is 0 Å². The second-order valence-electron chi connectivity index (χ2n) is 7.97. The van der Waals surface area contributed by atoms with Gasteiger partial charge in [0.1, 0.15) is 0 Å². The predicted octanol–water partition coefficient (Wildman–Crippen LogP) is 2.45. The van der Waals surface area contributed by atoms with Crippen molar-refractivity contribution in [2.24, 2.45) is 0 Å². The zero-order valence-electron chi connectivity index (χ0n) is 17.9. The molecular formula is C24H35N5O. The Hall–Kier alpha value is -2.28. The molecule has 0 atom stereocenters. The van der Waals surface area contributed by atoms with Crippen molar-refractivity contribution in [3.63, 3.8) is 0 Å². The van der Waals surface area contributed by atoms with Crippen molar-refractivity contribution in [1.29, 1.82) is 0 Å². The zero-order chi connectivity index (χ0) is 20.9. The van der Waals surface area contributed by atoms with Gasteiger partial charge in [-0.1, -0.05) is 43.2 Å². The number of aromatic nitrogens is 1. The monoisotopic (exact) mass is 409 g/mol. The highest BCUT2D eigenvalue weighted by Gasteiger charge is 2.11. The molecule has 6 nitrogen and oxygen atoms in total. The number of benzene rings is 1. The molecule has 2 aromatic rings. The van der Waals surface area contributed by atoms with Crippen molar-refractivity contribution in [2.45, 2.75) is 45.3 Å². The molecule has 0 unspecified atom stereocenters. The van der Waals surface area contributed by atoms with Gasteiger partial charge in [0.05, 0.1) is 12.2 Å². The van der Waals surface area contributed by atoms with Crippen LogP contribution in [0.3, 0.4) is 0 Å². The molecule has 0 bridgehead atoms. The lowest BCUT2D eigenvalue weighted by molar-refractivity contribution is -0.122. The van der Waals surface area contributed by atoms with E-state index >= 15 is 0 Å². The molecule has 1 saturated heterocycles. The van der Waals surface area contributed by atoms with E-state index in [1.54, 1.807) is 0 Å². The molecule has 1 aromatic carbocycles. The molecule has 30 heavy (non-hydrogen) atoms. The number of amides is 1. The summed E-state index contributed by atoms with van der Waals surface area (Å²) in [5.41, 5.74) is 3.53. The van der Waals surface area contributed by atoms with E-state index in [1.165, 1.54) is 30.4 Å². The minimum Gasteiger partial charge on any atom is -0.355 e. The fourth-order valence-corrected chi connectivity index (χ4v) is 3.65. The molecule has 2 heterocycles. The van der Waals surface area contributed by atoms with E-state index in [-0.39, 0.29) is 5.91 Å². The Bertz CT molecular complexity index is 735. The summed E-state index contributed by atoms with van der Waals surface area (Å²) in [6.45, 7) is 6.47. The Balaban J connectivity index is 1.47. The van der Waals surface area contributed by atoms with Crippen LogP contribution >= 0.6 is 0 Å². The third-order valence-electron chi connectivity index (χ3n) is 5.37. The smallest absolute Gasteiger partial charge is 0.234 e. The Morgan fingerprint density at radius 1 is 0.900 bits per heavy atom. The van der Waals surface area contributed by atoms with Crippen molar-refractivity contribution >= 4 is 5.91 Å². The number of nitrogens with zero attached hydrogens (tertiary/aromatic N) is 2. The summed E-state index contributed by atoms with van der Waals surface area (Å²) in [6, 6.07) is 14.6. The van der Waals surface area contributed by atoms with Crippen LogP contribution in [-0.4, -0.2) is 48.5 Å². The molecule has 1 aromatic heterocycles. The van der Waals surface area contributed by atoms with Crippen molar-refractivity contribution in [2.75, 3.05) is 32.7 Å². The normalized spacial score (nSPS) is 17.4. The largest absolute Gasteiger partial charge is 0.355 e. The maximum Gasteiger partial charge on any atom is 0.234 e. The van der Waals surface area contributed by atoms with Crippen molar-refractivity contribution < 1.29 is 4.79 Å². The van der Waals surface area contributed by atoms with Crippen LogP contribution in [0.2, 0.25) is 0 Å². The van der Waals surface area contributed by atoms with Gasteiger partial charge in [-0.15, -0.1) is 0 Å². The highest BCUT2D eigenvalue weighted by Crippen LogP contribution is 2.08. The first-order valence-corrected chi connectivity index (χ1v) is 11.2. The molecule has 0 aliphatic carbocycles. The standard InChI is InChI=1S/C24H35N5O/c30-24-20-29(16-15-25-12-4-1-2-5-14-28-24)19-22-10-8-21(9-11-22)17-26-18-23-7-3-6-13-27-23/h3,6-11,13,25-26H,1-2,4-5,12,14-20H2,(H,28,30). The van der Waals surface area contributed by atoms with E-state index in [1.807, 2.05) is 24.4 Å². The maximum absolute atomic E-state index is 12.3. The Morgan fingerprint density at radius 2 is 1.70 bits per heavy atom. The van der Waals surface area contributed by atoms with Gasteiger partial charge in [-0.25, -0.2) is 0 Å². The van der Waals surface area contributed by atoms with Crippen LogP contribution in [-0.2, 0) is 24.4 Å². The molecule has 0 radical (unpaired) electrons. The molecule has 0 spiro atoms. The van der Waals surface area contributed by atoms with E-state index in [2.05, 4.69) is 50.1 Å². The van der Waals surface area contributed by atoms with Crippen LogP contribution in [0.4, 0.5) is 0 Å². The first-order valence-electron chi connectivity index (χ1n) is 11.2. The van der Waals surface area contributed by atoms with Gasteiger partial charge in [0, 0.05) is 45.5 Å². The minimum absolute atomic E-state index is 0.129. The summed E-state index contributed by atoms with van der Waals surface area (Å²) in [5.74, 6) is 0.129. The summed E-state index contributed by atoms with van der Waals surface area (Å²) in [7, 11) is 0. The zero-order valence-corrected chi connectivity index (χ0v) is 17.9. The highest BCUT2D eigenvalue weighted by molar-refractivity contribution is 5.77.